The first-order valence-corrected chi connectivity index (χ1v) is 8.27. The molecule has 28 heavy (non-hydrogen) atoms. The van der Waals surface area contributed by atoms with Crippen LogP contribution < -0.4 is 10.1 Å². The van der Waals surface area contributed by atoms with Gasteiger partial charge in [-0.2, -0.15) is 15.1 Å². The number of ether oxygens (including phenoxy) is 1. The van der Waals surface area contributed by atoms with Crippen molar-refractivity contribution in [3.63, 3.8) is 0 Å². The van der Waals surface area contributed by atoms with Gasteiger partial charge in [0.2, 0.25) is 0 Å². The zero-order valence-corrected chi connectivity index (χ0v) is 14.9. The van der Waals surface area contributed by atoms with Crippen molar-refractivity contribution in [1.29, 1.82) is 0 Å². The summed E-state index contributed by atoms with van der Waals surface area (Å²) in [6.07, 6.45) is -1.12. The molecule has 0 radical (unpaired) electrons. The van der Waals surface area contributed by atoms with Gasteiger partial charge in [0.05, 0.1) is 11.1 Å². The molecule has 4 rings (SSSR count). The lowest BCUT2D eigenvalue weighted by Crippen LogP contribution is -2.17. The Labute approximate surface area is 157 Å². The highest BCUT2D eigenvalue weighted by molar-refractivity contribution is 5.90. The fraction of sp³-hybridized carbons (Fsp3) is 0.167. The van der Waals surface area contributed by atoms with E-state index >= 15 is 0 Å². The summed E-state index contributed by atoms with van der Waals surface area (Å²) in [5.74, 6) is 0.596. The summed E-state index contributed by atoms with van der Waals surface area (Å²) in [5.41, 5.74) is 2.07. The van der Waals surface area contributed by atoms with E-state index in [2.05, 4.69) is 25.1 Å². The van der Waals surface area contributed by atoms with E-state index in [0.717, 1.165) is 11.1 Å². The van der Waals surface area contributed by atoms with Gasteiger partial charge in [0.1, 0.15) is 17.2 Å². The molecule has 10 heteroatoms. The second-order valence-electron chi connectivity index (χ2n) is 6.14. The number of hydrogen-bond donors (Lipinski definition) is 1. The lowest BCUT2D eigenvalue weighted by atomic mass is 10.3. The molecule has 4 aromatic rings. The lowest BCUT2D eigenvalue weighted by Gasteiger charge is -2.11. The SMILES string of the molecule is Cc1ccn(-c2nc(Nc3ccc(OC(F)(F)F)cc3)c3ccn(C)c3n2)n1. The summed E-state index contributed by atoms with van der Waals surface area (Å²) in [5, 5.41) is 8.22. The second-order valence-corrected chi connectivity index (χ2v) is 6.14. The summed E-state index contributed by atoms with van der Waals surface area (Å²) < 4.78 is 44.2. The molecule has 0 aliphatic carbocycles. The van der Waals surface area contributed by atoms with E-state index in [-0.39, 0.29) is 5.75 Å². The summed E-state index contributed by atoms with van der Waals surface area (Å²) in [4.78, 5) is 9.07. The van der Waals surface area contributed by atoms with Crippen LogP contribution in [0, 0.1) is 6.92 Å². The van der Waals surface area contributed by atoms with Crippen molar-refractivity contribution >= 4 is 22.5 Å². The molecule has 7 nitrogen and oxygen atoms in total. The number of fused-ring (bicyclic) bond motifs is 1. The molecule has 0 spiro atoms. The van der Waals surface area contributed by atoms with Crippen molar-refractivity contribution in [3.05, 3.63) is 54.5 Å². The molecule has 0 saturated heterocycles. The topological polar surface area (TPSA) is 69.8 Å². The lowest BCUT2D eigenvalue weighted by molar-refractivity contribution is -0.274. The number of aryl methyl sites for hydroxylation is 2. The maximum Gasteiger partial charge on any atom is 0.573 e. The number of benzene rings is 1. The molecule has 0 saturated carbocycles. The van der Waals surface area contributed by atoms with Gasteiger partial charge >= 0.3 is 6.36 Å². The van der Waals surface area contributed by atoms with Crippen LogP contribution in [0.1, 0.15) is 5.69 Å². The average molecular weight is 388 g/mol. The Morgan fingerprint density at radius 3 is 2.39 bits per heavy atom. The van der Waals surface area contributed by atoms with Crippen LogP contribution in [-0.2, 0) is 7.05 Å². The highest BCUT2D eigenvalue weighted by Gasteiger charge is 2.30. The molecular weight excluding hydrogens is 373 g/mol. The number of alkyl halides is 3. The van der Waals surface area contributed by atoms with E-state index in [1.807, 2.05) is 36.9 Å². The summed E-state index contributed by atoms with van der Waals surface area (Å²) in [7, 11) is 1.86. The molecule has 0 aliphatic rings. The van der Waals surface area contributed by atoms with E-state index in [1.165, 1.54) is 24.3 Å². The Morgan fingerprint density at radius 2 is 1.75 bits per heavy atom. The molecule has 0 bridgehead atoms. The molecule has 0 amide bonds. The molecule has 3 aromatic heterocycles. The van der Waals surface area contributed by atoms with E-state index in [9.17, 15) is 13.2 Å². The van der Waals surface area contributed by atoms with Gasteiger partial charge < -0.3 is 14.6 Å². The van der Waals surface area contributed by atoms with E-state index in [1.54, 1.807) is 10.9 Å². The number of aromatic nitrogens is 5. The van der Waals surface area contributed by atoms with Crippen molar-refractivity contribution in [3.8, 4) is 11.7 Å². The number of nitrogens with one attached hydrogen (secondary N) is 1. The van der Waals surface area contributed by atoms with Gasteiger partial charge in [-0.15, -0.1) is 13.2 Å². The molecule has 0 atom stereocenters. The fourth-order valence-corrected chi connectivity index (χ4v) is 2.73. The molecule has 0 aliphatic heterocycles. The van der Waals surface area contributed by atoms with E-state index in [0.29, 0.717) is 23.1 Å². The Kier molecular flexibility index (Phi) is 4.17. The zero-order valence-electron chi connectivity index (χ0n) is 14.9. The molecule has 3 heterocycles. The van der Waals surface area contributed by atoms with Gasteiger partial charge in [-0.05, 0) is 43.3 Å². The van der Waals surface area contributed by atoms with Gasteiger partial charge in [-0.1, -0.05) is 0 Å². The third-order valence-electron chi connectivity index (χ3n) is 3.99. The zero-order chi connectivity index (χ0) is 19.9. The third kappa shape index (κ3) is 3.61. The third-order valence-corrected chi connectivity index (χ3v) is 3.99. The Morgan fingerprint density at radius 1 is 1.00 bits per heavy atom. The fourth-order valence-electron chi connectivity index (χ4n) is 2.73. The number of anilines is 2. The molecule has 144 valence electrons. The Bertz CT molecular complexity index is 1130. The minimum absolute atomic E-state index is 0.293. The van der Waals surface area contributed by atoms with Crippen LogP contribution >= 0.6 is 0 Å². The smallest absolute Gasteiger partial charge is 0.406 e. The minimum Gasteiger partial charge on any atom is -0.406 e. The van der Waals surface area contributed by atoms with Gasteiger partial charge in [-0.3, -0.25) is 0 Å². The monoisotopic (exact) mass is 388 g/mol. The van der Waals surface area contributed by atoms with Gasteiger partial charge in [0.25, 0.3) is 5.95 Å². The minimum atomic E-state index is -4.73. The van der Waals surface area contributed by atoms with Crippen molar-refractivity contribution in [2.75, 3.05) is 5.32 Å². The predicted molar refractivity (Wildman–Crippen MR) is 96.8 cm³/mol. The quantitative estimate of drug-likeness (QED) is 0.570. The van der Waals surface area contributed by atoms with Gasteiger partial charge in [-0.25, -0.2) is 4.68 Å². The summed E-state index contributed by atoms with van der Waals surface area (Å²) >= 11 is 0. The van der Waals surface area contributed by atoms with Crippen molar-refractivity contribution in [1.82, 2.24) is 24.3 Å². The maximum atomic E-state index is 12.3. The number of nitrogens with zero attached hydrogens (tertiary/aromatic N) is 5. The van der Waals surface area contributed by atoms with E-state index < -0.39 is 6.36 Å². The molecule has 0 fully saturated rings. The predicted octanol–water partition coefficient (Wildman–Crippen LogP) is 4.10. The van der Waals surface area contributed by atoms with Crippen LogP contribution in [0.15, 0.2) is 48.8 Å². The highest BCUT2D eigenvalue weighted by atomic mass is 19.4. The standard InChI is InChI=1S/C18H15F3N6O/c1-11-7-10-27(25-11)17-23-15(14-8-9-26(2)16(14)24-17)22-12-3-5-13(6-4-12)28-18(19,20)21/h3-10H,1-2H3,(H,22,23,24). The summed E-state index contributed by atoms with van der Waals surface area (Å²) in [6, 6.07) is 9.13. The van der Waals surface area contributed by atoms with Crippen LogP contribution in [0.25, 0.3) is 17.0 Å². The Balaban J connectivity index is 1.70. The average Bonchev–Trinajstić information content (AvgIpc) is 3.22. The van der Waals surface area contributed by atoms with Crippen molar-refractivity contribution < 1.29 is 17.9 Å². The van der Waals surface area contributed by atoms with Crippen molar-refractivity contribution in [2.45, 2.75) is 13.3 Å². The highest BCUT2D eigenvalue weighted by Crippen LogP contribution is 2.28. The normalized spacial score (nSPS) is 11.8. The number of rotatable bonds is 4. The Hall–Kier alpha value is -3.56. The molecule has 1 N–H and O–H groups in total. The molecule has 0 unspecified atom stereocenters. The molecule has 1 aromatic carbocycles. The second kappa shape index (κ2) is 6.55. The first-order valence-electron chi connectivity index (χ1n) is 8.27. The maximum absolute atomic E-state index is 12.3. The van der Waals surface area contributed by atoms with Crippen LogP contribution in [-0.4, -0.2) is 30.7 Å². The van der Waals surface area contributed by atoms with Crippen LogP contribution in [0.4, 0.5) is 24.7 Å². The summed E-state index contributed by atoms with van der Waals surface area (Å²) in [6.45, 7) is 1.86. The van der Waals surface area contributed by atoms with Gasteiger partial charge in [0.15, 0.2) is 0 Å². The largest absolute Gasteiger partial charge is 0.573 e. The van der Waals surface area contributed by atoms with Crippen molar-refractivity contribution in [2.24, 2.45) is 7.05 Å². The number of halogens is 3. The molecular formula is C18H15F3N6O. The number of hydrogen-bond acceptors (Lipinski definition) is 5. The van der Waals surface area contributed by atoms with E-state index in [4.69, 9.17) is 0 Å². The first kappa shape index (κ1) is 17.8. The first-order chi connectivity index (χ1) is 13.3. The van der Waals surface area contributed by atoms with Crippen LogP contribution in [0.2, 0.25) is 0 Å². The van der Waals surface area contributed by atoms with Gasteiger partial charge in [0, 0.05) is 25.1 Å². The van der Waals surface area contributed by atoms with Crippen LogP contribution in [0.3, 0.4) is 0 Å². The van der Waals surface area contributed by atoms with Crippen LogP contribution in [0.5, 0.6) is 5.75 Å².